The number of anilines is 1. The third kappa shape index (κ3) is 4.42. The molecule has 2 heterocycles. The molecule has 0 fully saturated rings. The summed E-state index contributed by atoms with van der Waals surface area (Å²) in [5.74, 6) is -0.608. The minimum Gasteiger partial charge on any atom is -0.482 e. The van der Waals surface area contributed by atoms with Gasteiger partial charge in [0.05, 0.1) is 17.1 Å². The number of nitrogens with one attached hydrogen (secondary N) is 1. The number of alkyl halides is 6. The molecule has 31 heavy (non-hydrogen) atoms. The first-order chi connectivity index (χ1) is 14.5. The van der Waals surface area contributed by atoms with E-state index in [9.17, 15) is 31.1 Å². The van der Waals surface area contributed by atoms with Gasteiger partial charge in [-0.2, -0.15) is 18.3 Å². The normalized spacial score (nSPS) is 13.9. The number of benzene rings is 2. The smallest absolute Gasteiger partial charge is 0.482 e. The maximum Gasteiger partial charge on any atom is 0.573 e. The van der Waals surface area contributed by atoms with E-state index >= 15 is 0 Å². The zero-order chi connectivity index (χ0) is 22.4. The molecule has 6 nitrogen and oxygen atoms in total. The number of ether oxygens (including phenoxy) is 2. The van der Waals surface area contributed by atoms with Gasteiger partial charge in [-0.05, 0) is 48.5 Å². The predicted molar refractivity (Wildman–Crippen MR) is 94.8 cm³/mol. The van der Waals surface area contributed by atoms with Crippen molar-refractivity contribution in [3.8, 4) is 28.4 Å². The molecule has 0 atom stereocenters. The van der Waals surface area contributed by atoms with E-state index in [0.29, 0.717) is 5.75 Å². The number of halogens is 6. The number of aromatic nitrogens is 2. The van der Waals surface area contributed by atoms with Gasteiger partial charge in [-0.15, -0.1) is 13.2 Å². The fourth-order valence-corrected chi connectivity index (χ4v) is 2.95. The highest BCUT2D eigenvalue weighted by atomic mass is 19.4. The summed E-state index contributed by atoms with van der Waals surface area (Å²) in [5.41, 5.74) is -0.597. The lowest BCUT2D eigenvalue weighted by atomic mass is 10.1. The van der Waals surface area contributed by atoms with E-state index in [1.807, 2.05) is 0 Å². The summed E-state index contributed by atoms with van der Waals surface area (Å²) >= 11 is 0. The van der Waals surface area contributed by atoms with Gasteiger partial charge < -0.3 is 14.8 Å². The lowest BCUT2D eigenvalue weighted by Crippen LogP contribution is -2.25. The van der Waals surface area contributed by atoms with Crippen molar-refractivity contribution >= 4 is 11.6 Å². The summed E-state index contributed by atoms with van der Waals surface area (Å²) in [5, 5.41) is 6.13. The summed E-state index contributed by atoms with van der Waals surface area (Å²) < 4.78 is 86.9. The second-order valence-corrected chi connectivity index (χ2v) is 6.41. The third-order valence-electron chi connectivity index (χ3n) is 4.22. The molecule has 12 heteroatoms. The van der Waals surface area contributed by atoms with Crippen LogP contribution in [-0.4, -0.2) is 28.7 Å². The van der Waals surface area contributed by atoms with Crippen molar-refractivity contribution in [2.45, 2.75) is 12.5 Å². The molecule has 0 unspecified atom stereocenters. The summed E-state index contributed by atoms with van der Waals surface area (Å²) in [6.45, 7) is -0.186. The number of amides is 1. The monoisotopic (exact) mass is 443 g/mol. The fourth-order valence-electron chi connectivity index (χ4n) is 2.95. The Morgan fingerprint density at radius 1 is 1.00 bits per heavy atom. The van der Waals surface area contributed by atoms with Crippen LogP contribution in [0, 0.1) is 0 Å². The number of hydrogen-bond donors (Lipinski definition) is 1. The molecule has 1 amide bonds. The first kappa shape index (κ1) is 20.6. The average Bonchev–Trinajstić information content (AvgIpc) is 3.12. The summed E-state index contributed by atoms with van der Waals surface area (Å²) in [4.78, 5) is 11.5. The molecule has 0 saturated carbocycles. The van der Waals surface area contributed by atoms with Gasteiger partial charge in [-0.3, -0.25) is 4.79 Å². The number of fused-ring (bicyclic) bond motifs is 1. The summed E-state index contributed by atoms with van der Waals surface area (Å²) in [7, 11) is 0. The molecule has 0 spiro atoms. The first-order valence-electron chi connectivity index (χ1n) is 8.60. The van der Waals surface area contributed by atoms with Crippen LogP contribution in [0.2, 0.25) is 0 Å². The van der Waals surface area contributed by atoms with Crippen LogP contribution in [0.15, 0.2) is 48.5 Å². The van der Waals surface area contributed by atoms with Crippen molar-refractivity contribution < 1.29 is 40.6 Å². The Balaban J connectivity index is 1.78. The van der Waals surface area contributed by atoms with Gasteiger partial charge in [0.1, 0.15) is 11.5 Å². The van der Waals surface area contributed by atoms with Crippen LogP contribution in [0.4, 0.5) is 32.0 Å². The molecule has 1 aromatic heterocycles. The molecule has 1 aliphatic rings. The maximum absolute atomic E-state index is 13.3. The van der Waals surface area contributed by atoms with E-state index in [0.717, 1.165) is 35.0 Å². The van der Waals surface area contributed by atoms with Crippen LogP contribution < -0.4 is 14.8 Å². The Morgan fingerprint density at radius 3 is 2.35 bits per heavy atom. The van der Waals surface area contributed by atoms with Gasteiger partial charge in [-0.25, -0.2) is 4.68 Å². The Bertz CT molecular complexity index is 1140. The quantitative estimate of drug-likeness (QED) is 0.592. The third-order valence-corrected chi connectivity index (χ3v) is 4.22. The highest BCUT2D eigenvalue weighted by molar-refractivity contribution is 5.96. The zero-order valence-electron chi connectivity index (χ0n) is 15.2. The van der Waals surface area contributed by atoms with Gasteiger partial charge in [-0.1, -0.05) is 0 Å². The SMILES string of the molecule is O=C1COc2ccc(-c3cc(C(F)(F)F)nn3-c3ccc(OC(F)(F)F)cc3)cc2N1. The topological polar surface area (TPSA) is 65.4 Å². The van der Waals surface area contributed by atoms with Crippen molar-refractivity contribution in [3.63, 3.8) is 0 Å². The van der Waals surface area contributed by atoms with E-state index < -0.39 is 29.9 Å². The van der Waals surface area contributed by atoms with E-state index in [-0.39, 0.29) is 29.2 Å². The maximum atomic E-state index is 13.3. The molecule has 162 valence electrons. The lowest BCUT2D eigenvalue weighted by molar-refractivity contribution is -0.274. The van der Waals surface area contributed by atoms with E-state index in [4.69, 9.17) is 4.74 Å². The number of nitrogens with zero attached hydrogens (tertiary/aromatic N) is 2. The van der Waals surface area contributed by atoms with Crippen LogP contribution >= 0.6 is 0 Å². The molecule has 1 aliphatic heterocycles. The zero-order valence-corrected chi connectivity index (χ0v) is 15.2. The van der Waals surface area contributed by atoms with E-state index in [2.05, 4.69) is 15.2 Å². The Morgan fingerprint density at radius 2 is 1.71 bits per heavy atom. The Kier molecular flexibility index (Phi) is 4.79. The number of rotatable bonds is 3. The Labute approximate surface area is 170 Å². The summed E-state index contributed by atoms with van der Waals surface area (Å²) in [6, 6.07) is 9.38. The van der Waals surface area contributed by atoms with Crippen molar-refractivity contribution in [1.82, 2.24) is 9.78 Å². The summed E-state index contributed by atoms with van der Waals surface area (Å²) in [6.07, 6.45) is -9.66. The van der Waals surface area contributed by atoms with Gasteiger partial charge in [0.25, 0.3) is 5.91 Å². The van der Waals surface area contributed by atoms with Crippen molar-refractivity contribution in [2.24, 2.45) is 0 Å². The molecule has 0 aliphatic carbocycles. The number of carbonyl (C=O) groups is 1. The average molecular weight is 443 g/mol. The fraction of sp³-hybridized carbons (Fsp3) is 0.158. The largest absolute Gasteiger partial charge is 0.573 e. The molecular formula is C19H11F6N3O3. The minimum atomic E-state index is -4.91. The van der Waals surface area contributed by atoms with Gasteiger partial charge in [0.2, 0.25) is 0 Å². The molecule has 0 radical (unpaired) electrons. The van der Waals surface area contributed by atoms with Crippen LogP contribution in [0.25, 0.3) is 16.9 Å². The molecule has 0 bridgehead atoms. The van der Waals surface area contributed by atoms with Crippen LogP contribution in [-0.2, 0) is 11.0 Å². The second kappa shape index (κ2) is 7.22. The molecule has 4 rings (SSSR count). The van der Waals surface area contributed by atoms with Crippen LogP contribution in [0.5, 0.6) is 11.5 Å². The Hall–Kier alpha value is -3.70. The van der Waals surface area contributed by atoms with Crippen molar-refractivity contribution in [1.29, 1.82) is 0 Å². The molecule has 0 saturated heterocycles. The highest BCUT2D eigenvalue weighted by Crippen LogP contribution is 2.37. The molecular weight excluding hydrogens is 432 g/mol. The van der Waals surface area contributed by atoms with Gasteiger partial charge in [0.15, 0.2) is 12.3 Å². The number of hydrogen-bond acceptors (Lipinski definition) is 4. The number of carbonyl (C=O) groups excluding carboxylic acids is 1. The van der Waals surface area contributed by atoms with Crippen molar-refractivity contribution in [2.75, 3.05) is 11.9 Å². The minimum absolute atomic E-state index is 0.000521. The second-order valence-electron chi connectivity index (χ2n) is 6.41. The van der Waals surface area contributed by atoms with Gasteiger partial charge in [0, 0.05) is 5.56 Å². The van der Waals surface area contributed by atoms with Crippen LogP contribution in [0.1, 0.15) is 5.69 Å². The first-order valence-corrected chi connectivity index (χ1v) is 8.60. The van der Waals surface area contributed by atoms with Crippen LogP contribution in [0.3, 0.4) is 0 Å². The van der Waals surface area contributed by atoms with Gasteiger partial charge >= 0.3 is 12.5 Å². The highest BCUT2D eigenvalue weighted by Gasteiger charge is 2.35. The van der Waals surface area contributed by atoms with Crippen molar-refractivity contribution in [3.05, 3.63) is 54.2 Å². The molecule has 1 N–H and O–H groups in total. The lowest BCUT2D eigenvalue weighted by Gasteiger charge is -2.18. The predicted octanol–water partition coefficient (Wildman–Crippen LogP) is 4.79. The van der Waals surface area contributed by atoms with E-state index in [1.165, 1.54) is 18.2 Å². The standard InChI is InChI=1S/C19H11F6N3O3/c20-18(21,22)16-8-14(10-1-6-15-13(7-10)26-17(29)9-30-15)28(27-16)11-2-4-12(5-3-11)31-19(23,24)25/h1-8H,9H2,(H,26,29). The molecule has 3 aromatic rings. The van der Waals surface area contributed by atoms with E-state index in [1.54, 1.807) is 0 Å². The molecule has 2 aromatic carbocycles.